The molecule has 1 aliphatic heterocycles. The minimum Gasteiger partial charge on any atom is -0.324 e. The van der Waals surface area contributed by atoms with Gasteiger partial charge in [-0.1, -0.05) is 6.92 Å². The van der Waals surface area contributed by atoms with E-state index in [-0.39, 0.29) is 29.5 Å². The Hall–Kier alpha value is -1.74. The Kier molecular flexibility index (Phi) is 6.71. The summed E-state index contributed by atoms with van der Waals surface area (Å²) < 4.78 is 53.3. The third kappa shape index (κ3) is 5.93. The monoisotopic (exact) mass is 375 g/mol. The Balaban J connectivity index is 2.04. The fourth-order valence-corrected chi connectivity index (χ4v) is 3.85. The maximum Gasteiger partial charge on any atom is 0.232 e. The van der Waals surface area contributed by atoms with Crippen LogP contribution in [0, 0.1) is 17.6 Å². The third-order valence-corrected chi connectivity index (χ3v) is 5.49. The van der Waals surface area contributed by atoms with Crippen molar-refractivity contribution in [3.63, 3.8) is 0 Å². The first kappa shape index (κ1) is 19.6. The quantitative estimate of drug-likeness (QED) is 0.651. The predicted octanol–water partition coefficient (Wildman–Crippen LogP) is 2.44. The van der Waals surface area contributed by atoms with Gasteiger partial charge in [-0.15, -0.1) is 0 Å². The van der Waals surface area contributed by atoms with Crippen LogP contribution in [0.4, 0.5) is 20.2 Å². The summed E-state index contributed by atoms with van der Waals surface area (Å²) in [5.74, 6) is -2.14. The zero-order valence-electron chi connectivity index (χ0n) is 14.1. The lowest BCUT2D eigenvalue weighted by atomic mass is 10.0. The lowest BCUT2D eigenvalue weighted by Gasteiger charge is -2.13. The largest absolute Gasteiger partial charge is 0.324 e. The highest BCUT2D eigenvalue weighted by Gasteiger charge is 2.18. The van der Waals surface area contributed by atoms with E-state index in [4.69, 9.17) is 0 Å². The molecule has 0 spiro atoms. The van der Waals surface area contributed by atoms with E-state index in [0.717, 1.165) is 25.6 Å². The Morgan fingerprint density at radius 3 is 2.64 bits per heavy atom. The molecule has 1 amide bonds. The van der Waals surface area contributed by atoms with Gasteiger partial charge in [-0.25, -0.2) is 17.2 Å². The lowest BCUT2D eigenvalue weighted by molar-refractivity contribution is -0.116. The molecular formula is C16H23F2N3O3S. The first-order valence-electron chi connectivity index (χ1n) is 8.31. The third-order valence-electron chi connectivity index (χ3n) is 4.01. The standard InChI is InChI=1S/C16H23F2N3O3S/c1-2-7-25(23,24)21-15-9-14(12(17)8-13(15)18)20-16(22)4-3-11-5-6-19-10-11/h8-9,11,19,21H,2-7,10H2,1H3,(H,20,22). The van der Waals surface area contributed by atoms with E-state index in [0.29, 0.717) is 24.8 Å². The summed E-state index contributed by atoms with van der Waals surface area (Å²) in [5, 5.41) is 5.59. The highest BCUT2D eigenvalue weighted by atomic mass is 32.2. The van der Waals surface area contributed by atoms with Crippen LogP contribution in [-0.4, -0.2) is 33.2 Å². The van der Waals surface area contributed by atoms with Gasteiger partial charge >= 0.3 is 0 Å². The maximum atomic E-state index is 13.9. The lowest BCUT2D eigenvalue weighted by Crippen LogP contribution is -2.18. The summed E-state index contributed by atoms with van der Waals surface area (Å²) in [6.45, 7) is 3.47. The average molecular weight is 375 g/mol. The Bertz CT molecular complexity index is 720. The molecule has 140 valence electrons. The van der Waals surface area contributed by atoms with Crippen molar-refractivity contribution in [1.29, 1.82) is 0 Å². The number of sulfonamides is 1. The maximum absolute atomic E-state index is 13.9. The van der Waals surface area contributed by atoms with E-state index < -0.39 is 21.7 Å². The van der Waals surface area contributed by atoms with Crippen LogP contribution in [0.15, 0.2) is 12.1 Å². The summed E-state index contributed by atoms with van der Waals surface area (Å²) in [4.78, 5) is 12.0. The van der Waals surface area contributed by atoms with Crippen LogP contribution in [0.2, 0.25) is 0 Å². The van der Waals surface area contributed by atoms with Gasteiger partial charge < -0.3 is 10.6 Å². The number of anilines is 2. The van der Waals surface area contributed by atoms with Gasteiger partial charge in [0.2, 0.25) is 15.9 Å². The molecule has 1 heterocycles. The number of hydrogen-bond donors (Lipinski definition) is 3. The molecule has 1 unspecified atom stereocenters. The molecule has 1 aliphatic rings. The van der Waals surface area contributed by atoms with Gasteiger partial charge in [0.05, 0.1) is 17.1 Å². The van der Waals surface area contributed by atoms with E-state index >= 15 is 0 Å². The number of halogens is 2. The summed E-state index contributed by atoms with van der Waals surface area (Å²) >= 11 is 0. The summed E-state index contributed by atoms with van der Waals surface area (Å²) in [7, 11) is -3.72. The minimum absolute atomic E-state index is 0.180. The van der Waals surface area contributed by atoms with Crippen LogP contribution in [0.3, 0.4) is 0 Å². The summed E-state index contributed by atoms with van der Waals surface area (Å²) in [5.41, 5.74) is -0.629. The van der Waals surface area contributed by atoms with Crippen LogP contribution in [-0.2, 0) is 14.8 Å². The van der Waals surface area contributed by atoms with Crippen LogP contribution < -0.4 is 15.4 Å². The molecule has 2 rings (SSSR count). The molecule has 1 fully saturated rings. The second kappa shape index (κ2) is 8.57. The van der Waals surface area contributed by atoms with E-state index in [1.807, 2.05) is 0 Å². The number of hydrogen-bond acceptors (Lipinski definition) is 4. The van der Waals surface area contributed by atoms with Crippen molar-refractivity contribution in [2.75, 3.05) is 28.9 Å². The highest BCUT2D eigenvalue weighted by molar-refractivity contribution is 7.92. The molecule has 6 nitrogen and oxygen atoms in total. The molecule has 1 saturated heterocycles. The average Bonchev–Trinajstić information content (AvgIpc) is 3.03. The summed E-state index contributed by atoms with van der Waals surface area (Å²) in [6, 6.07) is 1.52. The normalized spacial score (nSPS) is 17.5. The summed E-state index contributed by atoms with van der Waals surface area (Å²) in [6.07, 6.45) is 2.26. The molecule has 0 radical (unpaired) electrons. The number of amides is 1. The Morgan fingerprint density at radius 1 is 1.28 bits per heavy atom. The molecule has 9 heteroatoms. The smallest absolute Gasteiger partial charge is 0.232 e. The SMILES string of the molecule is CCCS(=O)(=O)Nc1cc(NC(=O)CCC2CCNC2)c(F)cc1F. The van der Waals surface area contributed by atoms with E-state index in [2.05, 4.69) is 15.4 Å². The minimum atomic E-state index is -3.72. The van der Waals surface area contributed by atoms with Crippen LogP contribution in [0.1, 0.15) is 32.6 Å². The molecule has 0 bridgehead atoms. The number of rotatable bonds is 8. The molecule has 0 aromatic heterocycles. The van der Waals surface area contributed by atoms with Crippen LogP contribution >= 0.6 is 0 Å². The van der Waals surface area contributed by atoms with Gasteiger partial charge in [0, 0.05) is 12.5 Å². The topological polar surface area (TPSA) is 87.3 Å². The van der Waals surface area contributed by atoms with E-state index in [1.165, 1.54) is 0 Å². The van der Waals surface area contributed by atoms with Gasteiger partial charge in [0.25, 0.3) is 0 Å². The van der Waals surface area contributed by atoms with Crippen molar-refractivity contribution >= 4 is 27.3 Å². The number of nitrogens with one attached hydrogen (secondary N) is 3. The Labute approximate surface area is 146 Å². The predicted molar refractivity (Wildman–Crippen MR) is 92.9 cm³/mol. The Morgan fingerprint density at radius 2 is 2.00 bits per heavy atom. The molecule has 1 atom stereocenters. The van der Waals surface area contributed by atoms with Crippen molar-refractivity contribution in [2.24, 2.45) is 5.92 Å². The zero-order chi connectivity index (χ0) is 18.4. The van der Waals surface area contributed by atoms with Crippen molar-refractivity contribution in [2.45, 2.75) is 32.6 Å². The van der Waals surface area contributed by atoms with Gasteiger partial charge in [0.1, 0.15) is 11.6 Å². The highest BCUT2D eigenvalue weighted by Crippen LogP contribution is 2.25. The number of benzene rings is 1. The fourth-order valence-electron chi connectivity index (χ4n) is 2.72. The molecule has 25 heavy (non-hydrogen) atoms. The van der Waals surface area contributed by atoms with Gasteiger partial charge in [0.15, 0.2) is 0 Å². The first-order chi connectivity index (χ1) is 11.8. The van der Waals surface area contributed by atoms with Gasteiger partial charge in [-0.3, -0.25) is 9.52 Å². The fraction of sp³-hybridized carbons (Fsp3) is 0.562. The molecular weight excluding hydrogens is 352 g/mol. The molecule has 0 aliphatic carbocycles. The van der Waals surface area contributed by atoms with Crippen molar-refractivity contribution in [1.82, 2.24) is 5.32 Å². The van der Waals surface area contributed by atoms with Crippen molar-refractivity contribution in [3.05, 3.63) is 23.8 Å². The molecule has 1 aromatic carbocycles. The number of carbonyl (C=O) groups excluding carboxylic acids is 1. The van der Waals surface area contributed by atoms with Crippen LogP contribution in [0.25, 0.3) is 0 Å². The van der Waals surface area contributed by atoms with Crippen LogP contribution in [0.5, 0.6) is 0 Å². The first-order valence-corrected chi connectivity index (χ1v) is 9.96. The van der Waals surface area contributed by atoms with Crippen molar-refractivity contribution in [3.8, 4) is 0 Å². The van der Waals surface area contributed by atoms with E-state index in [9.17, 15) is 22.0 Å². The molecule has 1 aromatic rings. The van der Waals surface area contributed by atoms with E-state index in [1.54, 1.807) is 6.92 Å². The van der Waals surface area contributed by atoms with Crippen molar-refractivity contribution < 1.29 is 22.0 Å². The molecule has 0 saturated carbocycles. The number of carbonyl (C=O) groups is 1. The van der Waals surface area contributed by atoms with Gasteiger partial charge in [-0.05, 0) is 44.3 Å². The second-order valence-corrected chi connectivity index (χ2v) is 8.02. The zero-order valence-corrected chi connectivity index (χ0v) is 14.9. The van der Waals surface area contributed by atoms with Gasteiger partial charge in [-0.2, -0.15) is 0 Å². The second-order valence-electron chi connectivity index (χ2n) is 6.18. The molecule has 3 N–H and O–H groups in total.